The number of rotatable bonds is 4. The number of carbonyl (C=O) groups excluding carboxylic acids is 1. The van der Waals surface area contributed by atoms with Gasteiger partial charge in [-0.05, 0) is 51.3 Å². The smallest absolute Gasteiger partial charge is 0.338 e. The molecule has 5 nitrogen and oxygen atoms in total. The zero-order chi connectivity index (χ0) is 16.3. The third-order valence-corrected chi connectivity index (χ3v) is 5.74. The van der Waals surface area contributed by atoms with Crippen molar-refractivity contribution in [1.82, 2.24) is 4.31 Å². The minimum absolute atomic E-state index is 0.201. The molecule has 2 rings (SSSR count). The predicted molar refractivity (Wildman–Crippen MR) is 84.3 cm³/mol. The molecule has 1 aliphatic rings. The van der Waals surface area contributed by atoms with Crippen molar-refractivity contribution >= 4 is 16.0 Å². The Morgan fingerprint density at radius 1 is 1.18 bits per heavy atom. The second-order valence-corrected chi connectivity index (χ2v) is 7.81. The number of sulfonamides is 1. The summed E-state index contributed by atoms with van der Waals surface area (Å²) in [7, 11) is -3.55. The number of nitrogens with zero attached hydrogens (tertiary/aromatic N) is 1. The molecule has 0 bridgehead atoms. The van der Waals surface area contributed by atoms with Crippen LogP contribution in [0.1, 0.15) is 49.0 Å². The van der Waals surface area contributed by atoms with Gasteiger partial charge in [-0.1, -0.05) is 12.5 Å². The Labute approximate surface area is 132 Å². The van der Waals surface area contributed by atoms with Crippen LogP contribution in [0.3, 0.4) is 0 Å². The Kier molecular flexibility index (Phi) is 5.24. The highest BCUT2D eigenvalue weighted by atomic mass is 32.2. The maximum absolute atomic E-state index is 12.8. The van der Waals surface area contributed by atoms with Crippen molar-refractivity contribution in [3.8, 4) is 0 Å². The topological polar surface area (TPSA) is 63.7 Å². The summed E-state index contributed by atoms with van der Waals surface area (Å²) in [4.78, 5) is 12.2. The first-order chi connectivity index (χ1) is 10.3. The van der Waals surface area contributed by atoms with E-state index < -0.39 is 16.0 Å². The lowest BCUT2D eigenvalue weighted by molar-refractivity contribution is 0.0377. The Hall–Kier alpha value is -1.40. The van der Waals surface area contributed by atoms with Gasteiger partial charge in [0.15, 0.2) is 0 Å². The second kappa shape index (κ2) is 6.79. The molecule has 0 atom stereocenters. The van der Waals surface area contributed by atoms with Crippen LogP contribution >= 0.6 is 0 Å². The summed E-state index contributed by atoms with van der Waals surface area (Å²) in [5.41, 5.74) is 0.918. The van der Waals surface area contributed by atoms with Crippen LogP contribution in [-0.2, 0) is 14.8 Å². The van der Waals surface area contributed by atoms with Crippen LogP contribution in [-0.4, -0.2) is 37.9 Å². The average Bonchev–Trinajstić information content (AvgIpc) is 2.47. The van der Waals surface area contributed by atoms with Gasteiger partial charge in [0, 0.05) is 13.1 Å². The molecule has 0 amide bonds. The van der Waals surface area contributed by atoms with Gasteiger partial charge in [0.25, 0.3) is 0 Å². The van der Waals surface area contributed by atoms with Crippen molar-refractivity contribution in [3.63, 3.8) is 0 Å². The predicted octanol–water partition coefficient (Wildman–Crippen LogP) is 2.73. The average molecular weight is 325 g/mol. The van der Waals surface area contributed by atoms with Gasteiger partial charge in [0.2, 0.25) is 10.0 Å². The summed E-state index contributed by atoms with van der Waals surface area (Å²) in [5.74, 6) is -0.495. The molecule has 1 saturated heterocycles. The third-order valence-electron chi connectivity index (χ3n) is 3.70. The van der Waals surface area contributed by atoms with E-state index in [0.29, 0.717) is 18.7 Å². The highest BCUT2D eigenvalue weighted by Gasteiger charge is 2.28. The van der Waals surface area contributed by atoms with Gasteiger partial charge in [-0.2, -0.15) is 4.31 Å². The summed E-state index contributed by atoms with van der Waals surface area (Å²) >= 11 is 0. The highest BCUT2D eigenvalue weighted by Crippen LogP contribution is 2.24. The fraction of sp³-hybridized carbons (Fsp3) is 0.562. The molecule has 1 heterocycles. The minimum atomic E-state index is -3.55. The molecule has 1 aromatic carbocycles. The Bertz CT molecular complexity index is 646. The first kappa shape index (κ1) is 17.0. The maximum atomic E-state index is 12.8. The molecule has 1 aliphatic heterocycles. The van der Waals surface area contributed by atoms with Crippen LogP contribution in [0.4, 0.5) is 0 Å². The molecular formula is C16H23NO4S. The van der Waals surface area contributed by atoms with E-state index in [1.807, 2.05) is 0 Å². The van der Waals surface area contributed by atoms with Crippen molar-refractivity contribution in [2.75, 3.05) is 13.1 Å². The van der Waals surface area contributed by atoms with Crippen LogP contribution in [0.15, 0.2) is 23.1 Å². The van der Waals surface area contributed by atoms with Crippen molar-refractivity contribution < 1.29 is 17.9 Å². The van der Waals surface area contributed by atoms with Gasteiger partial charge in [-0.25, -0.2) is 13.2 Å². The van der Waals surface area contributed by atoms with E-state index in [9.17, 15) is 13.2 Å². The van der Waals surface area contributed by atoms with Gasteiger partial charge >= 0.3 is 5.97 Å². The summed E-state index contributed by atoms with van der Waals surface area (Å²) in [6.45, 7) is 6.36. The number of carbonyl (C=O) groups is 1. The quantitative estimate of drug-likeness (QED) is 0.799. The normalized spacial score (nSPS) is 16.7. The lowest BCUT2D eigenvalue weighted by Gasteiger charge is -2.26. The lowest BCUT2D eigenvalue weighted by Crippen LogP contribution is -2.36. The molecule has 6 heteroatoms. The molecule has 1 fully saturated rings. The first-order valence-corrected chi connectivity index (χ1v) is 9.08. The Morgan fingerprint density at radius 2 is 1.82 bits per heavy atom. The summed E-state index contributed by atoms with van der Waals surface area (Å²) in [6.07, 6.45) is 2.59. The maximum Gasteiger partial charge on any atom is 0.338 e. The van der Waals surface area contributed by atoms with Crippen molar-refractivity contribution in [3.05, 3.63) is 29.3 Å². The zero-order valence-electron chi connectivity index (χ0n) is 13.3. The lowest BCUT2D eigenvalue weighted by atomic mass is 10.1. The SMILES string of the molecule is Cc1ccc(C(=O)OC(C)C)cc1S(=O)(=O)N1CCCCC1. The van der Waals surface area contributed by atoms with Crippen LogP contribution in [0.2, 0.25) is 0 Å². The zero-order valence-corrected chi connectivity index (χ0v) is 14.1. The number of benzene rings is 1. The van der Waals surface area contributed by atoms with Crippen molar-refractivity contribution in [2.45, 2.75) is 51.0 Å². The van der Waals surface area contributed by atoms with Gasteiger partial charge < -0.3 is 4.74 Å². The molecule has 0 radical (unpaired) electrons. The second-order valence-electron chi connectivity index (χ2n) is 5.90. The van der Waals surface area contributed by atoms with Gasteiger partial charge in [0.05, 0.1) is 16.6 Å². The first-order valence-electron chi connectivity index (χ1n) is 7.64. The van der Waals surface area contributed by atoms with E-state index in [-0.39, 0.29) is 16.6 Å². The van der Waals surface area contributed by atoms with Crippen LogP contribution < -0.4 is 0 Å². The van der Waals surface area contributed by atoms with Gasteiger partial charge in [0.1, 0.15) is 0 Å². The molecule has 0 spiro atoms. The molecule has 122 valence electrons. The number of ether oxygens (including phenoxy) is 1. The van der Waals surface area contributed by atoms with Crippen molar-refractivity contribution in [1.29, 1.82) is 0 Å². The monoisotopic (exact) mass is 325 g/mol. The standard InChI is InChI=1S/C16H23NO4S/c1-12(2)21-16(18)14-8-7-13(3)15(11-14)22(19,20)17-9-5-4-6-10-17/h7-8,11-12H,4-6,9-10H2,1-3H3. The van der Waals surface area contributed by atoms with E-state index in [4.69, 9.17) is 4.74 Å². The fourth-order valence-corrected chi connectivity index (χ4v) is 4.30. The summed E-state index contributed by atoms with van der Waals surface area (Å²) in [5, 5.41) is 0. The number of aryl methyl sites for hydroxylation is 1. The molecule has 1 aromatic rings. The number of piperidine rings is 1. The molecule has 22 heavy (non-hydrogen) atoms. The number of hydrogen-bond acceptors (Lipinski definition) is 4. The molecule has 0 unspecified atom stereocenters. The van der Waals surface area contributed by atoms with Crippen LogP contribution in [0, 0.1) is 6.92 Å². The Morgan fingerprint density at radius 3 is 2.41 bits per heavy atom. The molecular weight excluding hydrogens is 302 g/mol. The summed E-state index contributed by atoms with van der Waals surface area (Å²) in [6, 6.07) is 4.70. The molecule has 0 aliphatic carbocycles. The largest absolute Gasteiger partial charge is 0.459 e. The minimum Gasteiger partial charge on any atom is -0.459 e. The molecule has 0 N–H and O–H groups in total. The van der Waals surface area contributed by atoms with Crippen LogP contribution in [0.25, 0.3) is 0 Å². The van der Waals surface area contributed by atoms with Crippen LogP contribution in [0.5, 0.6) is 0 Å². The van der Waals surface area contributed by atoms with E-state index >= 15 is 0 Å². The van der Waals surface area contributed by atoms with E-state index in [1.165, 1.54) is 10.4 Å². The third kappa shape index (κ3) is 3.67. The van der Waals surface area contributed by atoms with E-state index in [0.717, 1.165) is 19.3 Å². The Balaban J connectivity index is 2.35. The van der Waals surface area contributed by atoms with Crippen molar-refractivity contribution in [2.24, 2.45) is 0 Å². The van der Waals surface area contributed by atoms with E-state index in [1.54, 1.807) is 32.9 Å². The molecule has 0 saturated carbocycles. The molecule has 0 aromatic heterocycles. The summed E-state index contributed by atoms with van der Waals surface area (Å²) < 4.78 is 32.2. The number of esters is 1. The van der Waals surface area contributed by atoms with Gasteiger partial charge in [-0.3, -0.25) is 0 Å². The highest BCUT2D eigenvalue weighted by molar-refractivity contribution is 7.89. The number of hydrogen-bond donors (Lipinski definition) is 0. The fourth-order valence-electron chi connectivity index (χ4n) is 2.53. The van der Waals surface area contributed by atoms with Gasteiger partial charge in [-0.15, -0.1) is 0 Å². The van der Waals surface area contributed by atoms with E-state index in [2.05, 4.69) is 0 Å².